The largest absolute Gasteiger partial charge is 0.345 e. The minimum atomic E-state index is -0.458. The average molecular weight is 374 g/mol. The van der Waals surface area contributed by atoms with Crippen LogP contribution in [0.25, 0.3) is 5.57 Å². The van der Waals surface area contributed by atoms with Gasteiger partial charge in [-0.15, -0.1) is 0 Å². The highest BCUT2D eigenvalue weighted by atomic mass is 35.5. The number of thiocarbonyl (C=S) groups is 1. The number of nitrogens with zero attached hydrogens (tertiary/aromatic N) is 2. The second kappa shape index (κ2) is 7.63. The summed E-state index contributed by atoms with van der Waals surface area (Å²) in [5, 5.41) is 14.8. The van der Waals surface area contributed by atoms with Crippen molar-refractivity contribution in [3.63, 3.8) is 0 Å². The molecule has 0 aromatic heterocycles. The van der Waals surface area contributed by atoms with Crippen molar-refractivity contribution in [3.8, 4) is 0 Å². The van der Waals surface area contributed by atoms with Gasteiger partial charge < -0.3 is 10.2 Å². The Morgan fingerprint density at radius 3 is 2.64 bits per heavy atom. The average Bonchev–Trinajstić information content (AvgIpc) is 2.64. The Balaban J connectivity index is 1.68. The van der Waals surface area contributed by atoms with Crippen LogP contribution in [0.5, 0.6) is 0 Å². The molecule has 2 aromatic rings. The van der Waals surface area contributed by atoms with Crippen LogP contribution in [0.2, 0.25) is 5.02 Å². The first-order valence-corrected chi connectivity index (χ1v) is 8.57. The second-order valence-electron chi connectivity index (χ2n) is 5.64. The first kappa shape index (κ1) is 17.4. The number of benzene rings is 2. The fraction of sp³-hybridized carbons (Fsp3) is 0.167. The molecule has 2 aromatic carbocycles. The molecule has 3 rings (SSSR count). The van der Waals surface area contributed by atoms with Crippen LogP contribution in [0.1, 0.15) is 12.0 Å². The lowest BCUT2D eigenvalue weighted by Crippen LogP contribution is -2.37. The van der Waals surface area contributed by atoms with Crippen molar-refractivity contribution in [2.45, 2.75) is 6.42 Å². The van der Waals surface area contributed by atoms with Crippen molar-refractivity contribution in [1.82, 2.24) is 4.90 Å². The summed E-state index contributed by atoms with van der Waals surface area (Å²) in [7, 11) is 0. The predicted octanol–water partition coefficient (Wildman–Crippen LogP) is 4.73. The van der Waals surface area contributed by atoms with E-state index in [9.17, 15) is 10.1 Å². The van der Waals surface area contributed by atoms with Crippen molar-refractivity contribution in [2.75, 3.05) is 18.4 Å². The summed E-state index contributed by atoms with van der Waals surface area (Å²) in [6, 6.07) is 14.5. The van der Waals surface area contributed by atoms with Crippen LogP contribution in [0.15, 0.2) is 54.6 Å². The quantitative estimate of drug-likeness (QED) is 0.478. The van der Waals surface area contributed by atoms with Gasteiger partial charge >= 0.3 is 0 Å². The van der Waals surface area contributed by atoms with E-state index in [1.807, 2.05) is 23.1 Å². The first-order chi connectivity index (χ1) is 12.0. The van der Waals surface area contributed by atoms with Gasteiger partial charge in [-0.1, -0.05) is 48.0 Å². The van der Waals surface area contributed by atoms with Crippen LogP contribution in [0.4, 0.5) is 11.4 Å². The van der Waals surface area contributed by atoms with Gasteiger partial charge in [0.05, 0.1) is 15.6 Å². The van der Waals surface area contributed by atoms with Gasteiger partial charge in [-0.2, -0.15) is 0 Å². The molecule has 0 aliphatic carbocycles. The van der Waals surface area contributed by atoms with Crippen molar-refractivity contribution >= 4 is 45.9 Å². The van der Waals surface area contributed by atoms with E-state index in [0.29, 0.717) is 22.4 Å². The second-order valence-corrected chi connectivity index (χ2v) is 6.44. The fourth-order valence-electron chi connectivity index (χ4n) is 2.68. The molecule has 1 N–H and O–H groups in total. The maximum atomic E-state index is 10.9. The summed E-state index contributed by atoms with van der Waals surface area (Å²) in [5.41, 5.74) is 2.94. The van der Waals surface area contributed by atoms with Crippen molar-refractivity contribution in [3.05, 3.63) is 75.3 Å². The molecule has 5 nitrogen and oxygen atoms in total. The zero-order chi connectivity index (χ0) is 17.8. The highest BCUT2D eigenvalue weighted by Crippen LogP contribution is 2.28. The Hall–Kier alpha value is -2.44. The lowest BCUT2D eigenvalue weighted by molar-refractivity contribution is -0.384. The molecule has 0 radical (unpaired) electrons. The van der Waals surface area contributed by atoms with Crippen LogP contribution >= 0.6 is 23.8 Å². The zero-order valence-electron chi connectivity index (χ0n) is 13.3. The van der Waals surface area contributed by atoms with E-state index in [4.69, 9.17) is 23.8 Å². The maximum absolute atomic E-state index is 10.9. The molecule has 0 spiro atoms. The van der Waals surface area contributed by atoms with Crippen molar-refractivity contribution in [2.24, 2.45) is 0 Å². The third-order valence-corrected chi connectivity index (χ3v) is 4.73. The Morgan fingerprint density at radius 2 is 2.00 bits per heavy atom. The number of nitro groups is 1. The molecule has 0 bridgehead atoms. The van der Waals surface area contributed by atoms with Crippen molar-refractivity contribution in [1.29, 1.82) is 0 Å². The van der Waals surface area contributed by atoms with Gasteiger partial charge in [-0.25, -0.2) is 0 Å². The highest BCUT2D eigenvalue weighted by molar-refractivity contribution is 7.80. The summed E-state index contributed by atoms with van der Waals surface area (Å²) in [5.74, 6) is 0. The molecular formula is C18H16ClN3O2S. The lowest BCUT2D eigenvalue weighted by Gasteiger charge is -2.29. The Morgan fingerprint density at radius 1 is 1.24 bits per heavy atom. The van der Waals surface area contributed by atoms with E-state index in [-0.39, 0.29) is 5.69 Å². The van der Waals surface area contributed by atoms with Gasteiger partial charge in [0.15, 0.2) is 5.11 Å². The number of non-ortho nitro benzene ring substituents is 1. The molecule has 0 atom stereocenters. The Kier molecular flexibility index (Phi) is 5.31. The van der Waals surface area contributed by atoms with E-state index in [2.05, 4.69) is 23.5 Å². The number of hydrogen-bond acceptors (Lipinski definition) is 3. The van der Waals surface area contributed by atoms with E-state index in [1.54, 1.807) is 0 Å². The number of rotatable bonds is 3. The van der Waals surface area contributed by atoms with E-state index in [0.717, 1.165) is 13.0 Å². The number of anilines is 1. The van der Waals surface area contributed by atoms with Crippen molar-refractivity contribution < 1.29 is 4.92 Å². The maximum Gasteiger partial charge on any atom is 0.271 e. The lowest BCUT2D eigenvalue weighted by atomic mass is 10.00. The van der Waals surface area contributed by atoms with E-state index in [1.165, 1.54) is 29.3 Å². The monoisotopic (exact) mass is 373 g/mol. The number of hydrogen-bond donors (Lipinski definition) is 1. The Bertz CT molecular complexity index is 839. The molecular weight excluding hydrogens is 358 g/mol. The summed E-state index contributed by atoms with van der Waals surface area (Å²) < 4.78 is 0. The molecule has 1 aliphatic rings. The van der Waals surface area contributed by atoms with Crippen LogP contribution in [-0.4, -0.2) is 28.0 Å². The smallest absolute Gasteiger partial charge is 0.271 e. The molecule has 1 aliphatic heterocycles. The normalized spacial score (nSPS) is 14.0. The number of nitrogens with one attached hydrogen (secondary N) is 1. The summed E-state index contributed by atoms with van der Waals surface area (Å²) >= 11 is 11.5. The third-order valence-electron chi connectivity index (χ3n) is 4.04. The summed E-state index contributed by atoms with van der Waals surface area (Å²) in [6.45, 7) is 1.46. The third kappa shape index (κ3) is 4.15. The zero-order valence-corrected chi connectivity index (χ0v) is 14.9. The molecule has 0 amide bonds. The van der Waals surface area contributed by atoms with Gasteiger partial charge in [-0.3, -0.25) is 10.1 Å². The SMILES string of the molecule is O=[N+]([O-])c1ccc(Cl)c(NC(=S)N2CC=C(c3ccccc3)CC2)c1. The van der Waals surface area contributed by atoms with Gasteiger partial charge in [0.25, 0.3) is 5.69 Å². The topological polar surface area (TPSA) is 58.4 Å². The van der Waals surface area contributed by atoms with E-state index < -0.39 is 4.92 Å². The van der Waals surface area contributed by atoms with Crippen LogP contribution in [0, 0.1) is 10.1 Å². The summed E-state index contributed by atoms with van der Waals surface area (Å²) in [4.78, 5) is 12.5. The van der Waals surface area contributed by atoms with Crippen LogP contribution in [0.3, 0.4) is 0 Å². The number of nitro benzene ring substituents is 1. The molecule has 0 saturated heterocycles. The Labute approximate surface area is 156 Å². The molecule has 0 saturated carbocycles. The minimum Gasteiger partial charge on any atom is -0.345 e. The van der Waals surface area contributed by atoms with Gasteiger partial charge in [0, 0.05) is 25.2 Å². The fourth-order valence-corrected chi connectivity index (χ4v) is 3.13. The molecule has 7 heteroatoms. The molecule has 1 heterocycles. The summed E-state index contributed by atoms with van der Waals surface area (Å²) in [6.07, 6.45) is 3.04. The van der Waals surface area contributed by atoms with Gasteiger partial charge in [-0.05, 0) is 35.8 Å². The molecule has 128 valence electrons. The molecule has 0 unspecified atom stereocenters. The minimum absolute atomic E-state index is 0.0281. The predicted molar refractivity (Wildman–Crippen MR) is 105 cm³/mol. The van der Waals surface area contributed by atoms with E-state index >= 15 is 0 Å². The standard InChI is InChI=1S/C18H16ClN3O2S/c19-16-7-6-15(22(23)24)12-17(16)20-18(25)21-10-8-14(9-11-21)13-4-2-1-3-5-13/h1-8,12H,9-11H2,(H,20,25). The molecule has 25 heavy (non-hydrogen) atoms. The van der Waals surface area contributed by atoms with Gasteiger partial charge in [0.1, 0.15) is 0 Å². The van der Waals surface area contributed by atoms with Crippen LogP contribution < -0.4 is 5.32 Å². The highest BCUT2D eigenvalue weighted by Gasteiger charge is 2.17. The van der Waals surface area contributed by atoms with Crippen LogP contribution in [-0.2, 0) is 0 Å². The number of halogens is 1. The first-order valence-electron chi connectivity index (χ1n) is 7.79. The van der Waals surface area contributed by atoms with Gasteiger partial charge in [0.2, 0.25) is 0 Å². The molecule has 0 fully saturated rings.